The largest absolute Gasteiger partial charge is 0.508 e. The fraction of sp³-hybridized carbons (Fsp3) is 0.0435. The van der Waals surface area contributed by atoms with Gasteiger partial charge in [0.05, 0.1) is 11.1 Å². The predicted octanol–water partition coefficient (Wildman–Crippen LogP) is 6.35. The number of pyridine rings is 2. The minimum Gasteiger partial charge on any atom is -0.508 e. The van der Waals surface area contributed by atoms with Crippen LogP contribution in [0.5, 0.6) is 5.75 Å². The standard InChI is InChI=1S/C12H8F3N.C11H6F3NO/c1-7-4-9(13)12(10(14)5-7)8-2-3-11(15)16-6-8;12-8-3-7(16)4-9(13)11(8)6-1-2-10(14)15-5-6/h2-6H,1H3;1-5,16H. The minimum absolute atomic E-state index is 0.108. The summed E-state index contributed by atoms with van der Waals surface area (Å²) in [7, 11) is 0. The lowest BCUT2D eigenvalue weighted by molar-refractivity contribution is 0.461. The molecule has 4 aromatic rings. The van der Waals surface area contributed by atoms with Gasteiger partial charge < -0.3 is 5.11 Å². The van der Waals surface area contributed by atoms with Gasteiger partial charge in [-0.3, -0.25) is 0 Å². The van der Waals surface area contributed by atoms with Crippen molar-refractivity contribution in [1.82, 2.24) is 9.97 Å². The van der Waals surface area contributed by atoms with Gasteiger partial charge >= 0.3 is 0 Å². The molecule has 0 amide bonds. The van der Waals surface area contributed by atoms with Gasteiger partial charge in [0.15, 0.2) is 0 Å². The Hall–Kier alpha value is -3.88. The minimum atomic E-state index is -0.925. The molecule has 0 fully saturated rings. The van der Waals surface area contributed by atoms with E-state index in [2.05, 4.69) is 9.97 Å². The van der Waals surface area contributed by atoms with Gasteiger partial charge in [-0.2, -0.15) is 8.78 Å². The number of aromatic hydroxyl groups is 1. The van der Waals surface area contributed by atoms with E-state index in [0.29, 0.717) is 5.56 Å². The second-order valence-electron chi connectivity index (χ2n) is 6.63. The smallest absolute Gasteiger partial charge is 0.212 e. The highest BCUT2D eigenvalue weighted by molar-refractivity contribution is 5.65. The molecular formula is C23H14F6N2O. The summed E-state index contributed by atoms with van der Waals surface area (Å²) in [6.45, 7) is 1.60. The summed E-state index contributed by atoms with van der Waals surface area (Å²) in [5.41, 5.74) is 0.296. The Morgan fingerprint density at radius 2 is 0.969 bits per heavy atom. The fourth-order valence-corrected chi connectivity index (χ4v) is 2.86. The Labute approximate surface area is 178 Å². The van der Waals surface area contributed by atoms with Crippen LogP contribution in [-0.4, -0.2) is 15.1 Å². The zero-order valence-corrected chi connectivity index (χ0v) is 16.4. The zero-order valence-electron chi connectivity index (χ0n) is 16.4. The summed E-state index contributed by atoms with van der Waals surface area (Å²) in [6.07, 6.45) is 2.13. The first kappa shape index (κ1) is 22.8. The molecule has 3 nitrogen and oxygen atoms in total. The van der Waals surface area contributed by atoms with E-state index >= 15 is 0 Å². The van der Waals surface area contributed by atoms with Crippen LogP contribution < -0.4 is 0 Å². The highest BCUT2D eigenvalue weighted by Crippen LogP contribution is 2.29. The molecule has 0 atom stereocenters. The number of phenols is 1. The second-order valence-corrected chi connectivity index (χ2v) is 6.63. The molecular weight excluding hydrogens is 434 g/mol. The van der Waals surface area contributed by atoms with Crippen LogP contribution in [0.1, 0.15) is 5.56 Å². The van der Waals surface area contributed by atoms with Gasteiger partial charge in [-0.25, -0.2) is 27.5 Å². The van der Waals surface area contributed by atoms with E-state index in [1.807, 2.05) is 0 Å². The summed E-state index contributed by atoms with van der Waals surface area (Å²) in [5.74, 6) is -5.12. The first-order valence-electron chi connectivity index (χ1n) is 9.03. The number of aryl methyl sites for hydroxylation is 1. The lowest BCUT2D eigenvalue weighted by atomic mass is 10.0. The van der Waals surface area contributed by atoms with Gasteiger partial charge in [-0.1, -0.05) is 0 Å². The van der Waals surface area contributed by atoms with E-state index < -0.39 is 40.9 Å². The molecule has 0 spiro atoms. The first-order chi connectivity index (χ1) is 15.2. The van der Waals surface area contributed by atoms with Gasteiger partial charge in [-0.05, 0) is 48.9 Å². The summed E-state index contributed by atoms with van der Waals surface area (Å²) in [5, 5.41) is 8.95. The topological polar surface area (TPSA) is 46.0 Å². The third kappa shape index (κ3) is 5.23. The molecule has 0 aliphatic rings. The van der Waals surface area contributed by atoms with Crippen molar-refractivity contribution in [2.45, 2.75) is 6.92 Å². The number of hydrogen-bond acceptors (Lipinski definition) is 3. The first-order valence-corrected chi connectivity index (χ1v) is 9.03. The summed E-state index contributed by atoms with van der Waals surface area (Å²) in [4.78, 5) is 6.66. The van der Waals surface area contributed by atoms with Crippen molar-refractivity contribution in [2.24, 2.45) is 0 Å². The van der Waals surface area contributed by atoms with Crippen molar-refractivity contribution in [1.29, 1.82) is 0 Å². The molecule has 1 N–H and O–H groups in total. The number of benzene rings is 2. The van der Waals surface area contributed by atoms with Crippen LogP contribution in [0.3, 0.4) is 0 Å². The van der Waals surface area contributed by atoms with Crippen molar-refractivity contribution >= 4 is 0 Å². The van der Waals surface area contributed by atoms with Crippen LogP contribution in [0.25, 0.3) is 22.3 Å². The van der Waals surface area contributed by atoms with Crippen LogP contribution >= 0.6 is 0 Å². The quantitative estimate of drug-likeness (QED) is 0.287. The van der Waals surface area contributed by atoms with Crippen molar-refractivity contribution in [2.75, 3.05) is 0 Å². The van der Waals surface area contributed by atoms with Gasteiger partial charge in [0.1, 0.15) is 29.0 Å². The molecule has 0 bridgehead atoms. The van der Waals surface area contributed by atoms with Gasteiger partial charge in [0, 0.05) is 35.7 Å². The fourth-order valence-electron chi connectivity index (χ4n) is 2.86. The number of aromatic nitrogens is 2. The molecule has 0 unspecified atom stereocenters. The molecule has 2 aromatic heterocycles. The maximum Gasteiger partial charge on any atom is 0.212 e. The summed E-state index contributed by atoms with van der Waals surface area (Å²) >= 11 is 0. The van der Waals surface area contributed by atoms with E-state index in [4.69, 9.17) is 5.11 Å². The maximum absolute atomic E-state index is 13.5. The molecule has 0 saturated heterocycles. The SMILES string of the molecule is Cc1cc(F)c(-c2ccc(F)nc2)c(F)c1.Oc1cc(F)c(-c2ccc(F)nc2)c(F)c1. The number of phenolic OH excluding ortho intramolecular Hbond substituents is 1. The molecule has 0 saturated carbocycles. The van der Waals surface area contributed by atoms with Crippen LogP contribution in [0, 0.1) is 42.1 Å². The lowest BCUT2D eigenvalue weighted by Gasteiger charge is -2.05. The van der Waals surface area contributed by atoms with E-state index in [9.17, 15) is 26.3 Å². The third-order valence-electron chi connectivity index (χ3n) is 4.25. The highest BCUT2D eigenvalue weighted by atomic mass is 19.2. The van der Waals surface area contributed by atoms with E-state index in [1.165, 1.54) is 24.3 Å². The Morgan fingerprint density at radius 1 is 0.594 bits per heavy atom. The second kappa shape index (κ2) is 9.51. The van der Waals surface area contributed by atoms with Crippen molar-refractivity contribution in [3.05, 3.63) is 102 Å². The molecule has 0 aliphatic heterocycles. The van der Waals surface area contributed by atoms with Crippen molar-refractivity contribution in [3.63, 3.8) is 0 Å². The number of halogens is 6. The van der Waals surface area contributed by atoms with Gasteiger partial charge in [0.2, 0.25) is 11.9 Å². The van der Waals surface area contributed by atoms with E-state index in [1.54, 1.807) is 6.92 Å². The third-order valence-corrected chi connectivity index (χ3v) is 4.25. The highest BCUT2D eigenvalue weighted by Gasteiger charge is 2.14. The Balaban J connectivity index is 0.000000181. The molecule has 4 rings (SSSR count). The van der Waals surface area contributed by atoms with Crippen molar-refractivity contribution < 1.29 is 31.4 Å². The Bertz CT molecular complexity index is 1100. The van der Waals surface area contributed by atoms with Crippen LogP contribution in [0.15, 0.2) is 60.9 Å². The molecule has 0 radical (unpaired) electrons. The normalized spacial score (nSPS) is 10.5. The monoisotopic (exact) mass is 448 g/mol. The summed E-state index contributed by atoms with van der Waals surface area (Å²) in [6, 6.07) is 8.57. The molecule has 164 valence electrons. The molecule has 32 heavy (non-hydrogen) atoms. The van der Waals surface area contributed by atoms with Crippen LogP contribution in [0.4, 0.5) is 26.3 Å². The Morgan fingerprint density at radius 3 is 1.31 bits per heavy atom. The lowest BCUT2D eigenvalue weighted by Crippen LogP contribution is -1.93. The molecule has 2 heterocycles. The maximum atomic E-state index is 13.5. The predicted molar refractivity (Wildman–Crippen MR) is 105 cm³/mol. The summed E-state index contributed by atoms with van der Waals surface area (Å²) < 4.78 is 78.9. The number of rotatable bonds is 2. The van der Waals surface area contributed by atoms with Gasteiger partial charge in [-0.15, -0.1) is 0 Å². The number of nitrogens with zero attached hydrogens (tertiary/aromatic N) is 2. The molecule has 9 heteroatoms. The van der Waals surface area contributed by atoms with E-state index in [0.717, 1.165) is 36.7 Å². The molecule has 0 aliphatic carbocycles. The average Bonchev–Trinajstić information content (AvgIpc) is 2.70. The average molecular weight is 448 g/mol. The van der Waals surface area contributed by atoms with E-state index in [-0.39, 0.29) is 22.3 Å². The van der Waals surface area contributed by atoms with Gasteiger partial charge in [0.25, 0.3) is 0 Å². The zero-order chi connectivity index (χ0) is 23.4. The Kier molecular flexibility index (Phi) is 6.77. The number of hydrogen-bond donors (Lipinski definition) is 1. The molecule has 2 aromatic carbocycles. The van der Waals surface area contributed by atoms with Crippen LogP contribution in [0.2, 0.25) is 0 Å². The van der Waals surface area contributed by atoms with Crippen LogP contribution in [-0.2, 0) is 0 Å². The van der Waals surface area contributed by atoms with Crippen molar-refractivity contribution in [3.8, 4) is 28.0 Å².